The van der Waals surface area contributed by atoms with Crippen LogP contribution in [0.2, 0.25) is 0 Å². The van der Waals surface area contributed by atoms with Crippen molar-refractivity contribution in [3.05, 3.63) is 29.5 Å². The molecule has 9 heteroatoms. The molecule has 0 fully saturated rings. The van der Waals surface area contributed by atoms with Crippen LogP contribution < -0.4 is 10.6 Å². The van der Waals surface area contributed by atoms with Gasteiger partial charge in [0.15, 0.2) is 0 Å². The summed E-state index contributed by atoms with van der Waals surface area (Å²) in [7, 11) is 0. The van der Waals surface area contributed by atoms with Gasteiger partial charge in [-0.2, -0.15) is 0 Å². The fraction of sp³-hybridized carbons (Fsp3) is 0. The SMILES string of the molecule is O=C(Nc1ccc(C(=O)O)nc1)Nc1nncs1. The third-order valence-corrected chi connectivity index (χ3v) is 2.43. The molecule has 0 radical (unpaired) electrons. The van der Waals surface area contributed by atoms with Crippen molar-refractivity contribution in [2.75, 3.05) is 10.6 Å². The topological polar surface area (TPSA) is 117 Å². The highest BCUT2D eigenvalue weighted by Crippen LogP contribution is 2.10. The number of urea groups is 1. The Balaban J connectivity index is 1.97. The maximum atomic E-state index is 11.5. The van der Waals surface area contributed by atoms with Crippen molar-refractivity contribution in [1.82, 2.24) is 15.2 Å². The third kappa shape index (κ3) is 2.98. The average molecular weight is 265 g/mol. The number of aromatic carboxylic acids is 1. The van der Waals surface area contributed by atoms with Crippen LogP contribution in [0, 0.1) is 0 Å². The largest absolute Gasteiger partial charge is 0.477 e. The first kappa shape index (κ1) is 11.9. The van der Waals surface area contributed by atoms with E-state index in [9.17, 15) is 9.59 Å². The minimum atomic E-state index is -1.13. The number of anilines is 2. The van der Waals surface area contributed by atoms with Gasteiger partial charge in [-0.05, 0) is 12.1 Å². The molecule has 2 aromatic rings. The molecule has 0 aromatic carbocycles. The van der Waals surface area contributed by atoms with Gasteiger partial charge in [-0.15, -0.1) is 10.2 Å². The molecule has 0 spiro atoms. The van der Waals surface area contributed by atoms with E-state index in [-0.39, 0.29) is 5.69 Å². The number of rotatable bonds is 3. The molecule has 0 unspecified atom stereocenters. The van der Waals surface area contributed by atoms with Crippen molar-refractivity contribution in [2.24, 2.45) is 0 Å². The van der Waals surface area contributed by atoms with E-state index in [1.165, 1.54) is 35.2 Å². The van der Waals surface area contributed by atoms with Crippen LogP contribution in [-0.4, -0.2) is 32.3 Å². The molecule has 0 aliphatic rings. The first-order valence-corrected chi connectivity index (χ1v) is 5.56. The molecule has 2 rings (SSSR count). The summed E-state index contributed by atoms with van der Waals surface area (Å²) in [5.74, 6) is -1.13. The smallest absolute Gasteiger partial charge is 0.354 e. The number of aromatic nitrogens is 3. The predicted molar refractivity (Wildman–Crippen MR) is 63.7 cm³/mol. The second kappa shape index (κ2) is 5.19. The third-order valence-electron chi connectivity index (χ3n) is 1.82. The van der Waals surface area contributed by atoms with Crippen LogP contribution in [0.15, 0.2) is 23.8 Å². The molecule has 2 heterocycles. The van der Waals surface area contributed by atoms with Crippen LogP contribution in [0.3, 0.4) is 0 Å². The summed E-state index contributed by atoms with van der Waals surface area (Å²) in [6.07, 6.45) is 1.25. The zero-order valence-corrected chi connectivity index (χ0v) is 9.64. The predicted octanol–water partition coefficient (Wildman–Crippen LogP) is 1.28. The molecule has 0 aliphatic heterocycles. The Morgan fingerprint density at radius 3 is 2.67 bits per heavy atom. The molecular formula is C9H7N5O3S. The van der Waals surface area contributed by atoms with E-state index in [0.717, 1.165) is 0 Å². The van der Waals surface area contributed by atoms with Crippen molar-refractivity contribution < 1.29 is 14.7 Å². The lowest BCUT2D eigenvalue weighted by atomic mass is 10.3. The maximum Gasteiger partial charge on any atom is 0.354 e. The van der Waals surface area contributed by atoms with E-state index in [0.29, 0.717) is 10.8 Å². The van der Waals surface area contributed by atoms with Crippen LogP contribution in [0.5, 0.6) is 0 Å². The van der Waals surface area contributed by atoms with Crippen molar-refractivity contribution in [2.45, 2.75) is 0 Å². The van der Waals surface area contributed by atoms with Gasteiger partial charge in [0, 0.05) is 0 Å². The number of pyridine rings is 1. The number of carbonyl (C=O) groups excluding carboxylic acids is 1. The molecule has 18 heavy (non-hydrogen) atoms. The Bertz CT molecular complexity index is 554. The molecule has 2 amide bonds. The summed E-state index contributed by atoms with van der Waals surface area (Å²) in [5.41, 5.74) is 1.77. The Morgan fingerprint density at radius 2 is 2.11 bits per heavy atom. The molecule has 0 saturated carbocycles. The molecular weight excluding hydrogens is 258 g/mol. The van der Waals surface area contributed by atoms with Gasteiger partial charge < -0.3 is 10.4 Å². The molecule has 0 atom stereocenters. The van der Waals surface area contributed by atoms with E-state index in [1.807, 2.05) is 0 Å². The highest BCUT2D eigenvalue weighted by atomic mass is 32.1. The van der Waals surface area contributed by atoms with Crippen LogP contribution in [0.25, 0.3) is 0 Å². The van der Waals surface area contributed by atoms with Crippen molar-refractivity contribution in [3.8, 4) is 0 Å². The second-order valence-electron chi connectivity index (χ2n) is 3.06. The van der Waals surface area contributed by atoms with Gasteiger partial charge in [0.05, 0.1) is 11.9 Å². The lowest BCUT2D eigenvalue weighted by molar-refractivity contribution is 0.0690. The Labute approximate surface area is 105 Å². The minimum absolute atomic E-state index is 0.0925. The van der Waals surface area contributed by atoms with Crippen molar-refractivity contribution >= 4 is 34.2 Å². The summed E-state index contributed by atoms with van der Waals surface area (Å²) in [5, 5.41) is 21.2. The lowest BCUT2D eigenvalue weighted by Crippen LogP contribution is -2.19. The number of hydrogen-bond donors (Lipinski definition) is 3. The number of hydrogen-bond acceptors (Lipinski definition) is 6. The molecule has 0 bridgehead atoms. The van der Waals surface area contributed by atoms with Gasteiger partial charge in [-0.25, -0.2) is 14.6 Å². The monoisotopic (exact) mass is 265 g/mol. The van der Waals surface area contributed by atoms with Gasteiger partial charge in [0.2, 0.25) is 5.13 Å². The Kier molecular flexibility index (Phi) is 3.44. The van der Waals surface area contributed by atoms with E-state index in [2.05, 4.69) is 25.8 Å². The fourth-order valence-corrected chi connectivity index (χ4v) is 1.52. The number of carbonyl (C=O) groups is 2. The van der Waals surface area contributed by atoms with Gasteiger partial charge in [0.1, 0.15) is 11.2 Å². The van der Waals surface area contributed by atoms with E-state index in [4.69, 9.17) is 5.11 Å². The van der Waals surface area contributed by atoms with E-state index >= 15 is 0 Å². The zero-order valence-electron chi connectivity index (χ0n) is 8.82. The lowest BCUT2D eigenvalue weighted by Gasteiger charge is -2.04. The quantitative estimate of drug-likeness (QED) is 0.769. The Morgan fingerprint density at radius 1 is 1.28 bits per heavy atom. The van der Waals surface area contributed by atoms with E-state index in [1.54, 1.807) is 0 Å². The number of nitrogens with one attached hydrogen (secondary N) is 2. The Hall–Kier alpha value is -2.55. The highest BCUT2D eigenvalue weighted by molar-refractivity contribution is 7.13. The highest BCUT2D eigenvalue weighted by Gasteiger charge is 2.07. The van der Waals surface area contributed by atoms with Gasteiger partial charge in [0.25, 0.3) is 0 Å². The summed E-state index contributed by atoms with van der Waals surface area (Å²) in [6, 6.07) is 2.23. The van der Waals surface area contributed by atoms with Gasteiger partial charge in [-0.1, -0.05) is 11.3 Å². The second-order valence-corrected chi connectivity index (χ2v) is 3.89. The van der Waals surface area contributed by atoms with Gasteiger partial charge in [-0.3, -0.25) is 5.32 Å². The zero-order chi connectivity index (χ0) is 13.0. The first-order valence-electron chi connectivity index (χ1n) is 4.68. The molecule has 8 nitrogen and oxygen atoms in total. The molecule has 92 valence electrons. The summed E-state index contributed by atoms with van der Waals surface area (Å²) in [6.45, 7) is 0. The number of amides is 2. The first-order chi connectivity index (χ1) is 8.65. The standard InChI is InChI=1S/C9H7N5O3S/c15-7(16)6-2-1-5(3-10-6)12-8(17)13-9-14-11-4-18-9/h1-4H,(H,15,16)(H2,12,13,14,17). The van der Waals surface area contributed by atoms with Crippen molar-refractivity contribution in [1.29, 1.82) is 0 Å². The number of nitrogens with zero attached hydrogens (tertiary/aromatic N) is 3. The fourth-order valence-electron chi connectivity index (χ4n) is 1.08. The van der Waals surface area contributed by atoms with Crippen LogP contribution in [0.1, 0.15) is 10.5 Å². The summed E-state index contributed by atoms with van der Waals surface area (Å²) < 4.78 is 0. The maximum absolute atomic E-state index is 11.5. The van der Waals surface area contributed by atoms with Crippen LogP contribution in [-0.2, 0) is 0 Å². The normalized spacial score (nSPS) is 9.78. The molecule has 3 N–H and O–H groups in total. The number of carboxylic acids is 1. The van der Waals surface area contributed by atoms with Crippen molar-refractivity contribution in [3.63, 3.8) is 0 Å². The molecule has 2 aromatic heterocycles. The van der Waals surface area contributed by atoms with Crippen LogP contribution >= 0.6 is 11.3 Å². The van der Waals surface area contributed by atoms with E-state index < -0.39 is 12.0 Å². The summed E-state index contributed by atoms with van der Waals surface area (Å²) >= 11 is 1.18. The minimum Gasteiger partial charge on any atom is -0.477 e. The summed E-state index contributed by atoms with van der Waals surface area (Å²) in [4.78, 5) is 25.7. The molecule has 0 aliphatic carbocycles. The molecule has 0 saturated heterocycles. The number of carboxylic acid groups (broad SMARTS) is 1. The van der Waals surface area contributed by atoms with Gasteiger partial charge >= 0.3 is 12.0 Å². The average Bonchev–Trinajstić information content (AvgIpc) is 2.82. The van der Waals surface area contributed by atoms with Crippen LogP contribution in [0.4, 0.5) is 15.6 Å².